The average molecular weight is 405 g/mol. The van der Waals surface area contributed by atoms with E-state index >= 15 is 0 Å². The van der Waals surface area contributed by atoms with Crippen molar-refractivity contribution in [1.29, 1.82) is 0 Å². The van der Waals surface area contributed by atoms with Gasteiger partial charge in [0.25, 0.3) is 5.91 Å². The number of primary amides is 1. The van der Waals surface area contributed by atoms with Crippen molar-refractivity contribution < 1.29 is 35.9 Å². The first-order valence-corrected chi connectivity index (χ1v) is 7.59. The maximum atomic E-state index is 13.1. The van der Waals surface area contributed by atoms with Crippen LogP contribution in [0.3, 0.4) is 0 Å². The molecule has 0 bridgehead atoms. The molecule has 1 heterocycles. The summed E-state index contributed by atoms with van der Waals surface area (Å²) in [4.78, 5) is 27.7. The monoisotopic (exact) mass is 405 g/mol. The molecule has 3 N–H and O–H groups in total. The number of nitrogens with one attached hydrogen (secondary N) is 1. The summed E-state index contributed by atoms with van der Waals surface area (Å²) in [7, 11) is 0. The second-order valence-corrected chi connectivity index (χ2v) is 5.92. The number of amides is 2. The first-order valence-electron chi connectivity index (χ1n) is 7.59. The summed E-state index contributed by atoms with van der Waals surface area (Å²) in [6.07, 6.45) is -8.74. The molecule has 1 aromatic carbocycles. The predicted octanol–water partition coefficient (Wildman–Crippen LogP) is 3.25. The highest BCUT2D eigenvalue weighted by Crippen LogP contribution is 2.33. The molecule has 0 saturated heterocycles. The number of pyridine rings is 1. The summed E-state index contributed by atoms with van der Waals surface area (Å²) in [6, 6.07) is 4.94. The van der Waals surface area contributed by atoms with Crippen molar-refractivity contribution >= 4 is 11.8 Å². The van der Waals surface area contributed by atoms with E-state index in [0.717, 1.165) is 37.4 Å². The number of halogens is 6. The van der Waals surface area contributed by atoms with Gasteiger partial charge in [0.05, 0.1) is 11.1 Å². The van der Waals surface area contributed by atoms with Crippen LogP contribution in [0.1, 0.15) is 34.1 Å². The summed E-state index contributed by atoms with van der Waals surface area (Å²) in [6.45, 7) is 0.985. The van der Waals surface area contributed by atoms with E-state index in [1.54, 1.807) is 0 Å². The first kappa shape index (κ1) is 21.2. The Morgan fingerprint density at radius 2 is 1.57 bits per heavy atom. The third kappa shape index (κ3) is 4.24. The van der Waals surface area contributed by atoms with Crippen LogP contribution in [0, 0.1) is 0 Å². The van der Waals surface area contributed by atoms with E-state index < -0.39 is 46.5 Å². The molecule has 0 spiro atoms. The standard InChI is InChI=1S/C17H13F6N3O2/c1-15(14(24)28,9-4-2-5-10(8-9)16(18,19)20)26-13(27)12-11(17(21,22)23)6-3-7-25-12/h2-8H,1H3,(H2,24,28)(H,26,27). The summed E-state index contributed by atoms with van der Waals surface area (Å²) >= 11 is 0. The van der Waals surface area contributed by atoms with Crippen molar-refractivity contribution in [3.05, 3.63) is 65.0 Å². The Bertz CT molecular complexity index is 910. The van der Waals surface area contributed by atoms with Gasteiger partial charge in [-0.15, -0.1) is 0 Å². The van der Waals surface area contributed by atoms with Crippen molar-refractivity contribution in [2.75, 3.05) is 0 Å². The number of benzene rings is 1. The molecule has 0 radical (unpaired) electrons. The Morgan fingerprint density at radius 3 is 2.11 bits per heavy atom. The summed E-state index contributed by atoms with van der Waals surface area (Å²) in [5.74, 6) is -2.70. The summed E-state index contributed by atoms with van der Waals surface area (Å²) < 4.78 is 78.0. The van der Waals surface area contributed by atoms with E-state index in [-0.39, 0.29) is 5.56 Å². The highest BCUT2D eigenvalue weighted by molar-refractivity contribution is 5.99. The van der Waals surface area contributed by atoms with Crippen LogP contribution < -0.4 is 11.1 Å². The van der Waals surface area contributed by atoms with E-state index in [1.807, 2.05) is 5.32 Å². The van der Waals surface area contributed by atoms with Crippen molar-refractivity contribution in [1.82, 2.24) is 10.3 Å². The lowest BCUT2D eigenvalue weighted by Crippen LogP contribution is -2.53. The van der Waals surface area contributed by atoms with Crippen molar-refractivity contribution in [2.45, 2.75) is 24.8 Å². The van der Waals surface area contributed by atoms with Gasteiger partial charge >= 0.3 is 12.4 Å². The number of hydrogen-bond donors (Lipinski definition) is 2. The normalized spacial score (nSPS) is 14.2. The fourth-order valence-electron chi connectivity index (χ4n) is 2.38. The minimum Gasteiger partial charge on any atom is -0.367 e. The quantitative estimate of drug-likeness (QED) is 0.766. The molecular weight excluding hydrogens is 392 g/mol. The highest BCUT2D eigenvalue weighted by Gasteiger charge is 2.41. The number of rotatable bonds is 4. The minimum absolute atomic E-state index is 0.354. The van der Waals surface area contributed by atoms with Crippen LogP contribution >= 0.6 is 0 Å². The minimum atomic E-state index is -4.92. The van der Waals surface area contributed by atoms with Gasteiger partial charge in [0, 0.05) is 6.20 Å². The van der Waals surface area contributed by atoms with Gasteiger partial charge < -0.3 is 11.1 Å². The molecule has 0 fully saturated rings. The molecule has 0 aliphatic rings. The van der Waals surface area contributed by atoms with Crippen molar-refractivity contribution in [2.24, 2.45) is 5.73 Å². The van der Waals surface area contributed by atoms with Crippen LogP contribution in [-0.2, 0) is 22.7 Å². The van der Waals surface area contributed by atoms with Crippen LogP contribution in [0.2, 0.25) is 0 Å². The first-order chi connectivity index (χ1) is 12.8. The molecule has 0 aliphatic carbocycles. The molecule has 1 atom stereocenters. The molecule has 1 unspecified atom stereocenters. The number of hydrogen-bond acceptors (Lipinski definition) is 3. The highest BCUT2D eigenvalue weighted by atomic mass is 19.4. The Morgan fingerprint density at radius 1 is 0.964 bits per heavy atom. The molecule has 5 nitrogen and oxygen atoms in total. The lowest BCUT2D eigenvalue weighted by molar-refractivity contribution is -0.138. The lowest BCUT2D eigenvalue weighted by Gasteiger charge is -2.29. The second kappa shape index (κ2) is 7.13. The van der Waals surface area contributed by atoms with Gasteiger partial charge in [0.2, 0.25) is 5.91 Å². The molecule has 2 amide bonds. The second-order valence-electron chi connectivity index (χ2n) is 5.92. The molecule has 0 aliphatic heterocycles. The van der Waals surface area contributed by atoms with Crippen molar-refractivity contribution in [3.8, 4) is 0 Å². The predicted molar refractivity (Wildman–Crippen MR) is 84.7 cm³/mol. The summed E-state index contributed by atoms with van der Waals surface area (Å²) in [5.41, 5.74) is -0.886. The SMILES string of the molecule is CC(NC(=O)c1ncccc1C(F)(F)F)(C(N)=O)c1cccc(C(F)(F)F)c1. The molecule has 150 valence electrons. The maximum absolute atomic E-state index is 13.1. The van der Waals surface area contributed by atoms with Gasteiger partial charge in [0.1, 0.15) is 11.2 Å². The fraction of sp³-hybridized carbons (Fsp3) is 0.235. The van der Waals surface area contributed by atoms with Crippen LogP contribution in [-0.4, -0.2) is 16.8 Å². The van der Waals surface area contributed by atoms with E-state index in [1.165, 1.54) is 0 Å². The Kier molecular flexibility index (Phi) is 5.40. The van der Waals surface area contributed by atoms with E-state index in [4.69, 9.17) is 5.73 Å². The number of nitrogens with two attached hydrogens (primary N) is 1. The van der Waals surface area contributed by atoms with Gasteiger partial charge in [0.15, 0.2) is 0 Å². The number of alkyl halides is 6. The smallest absolute Gasteiger partial charge is 0.367 e. The average Bonchev–Trinajstić information content (AvgIpc) is 2.60. The molecule has 0 saturated carbocycles. The van der Waals surface area contributed by atoms with Crippen LogP contribution in [0.4, 0.5) is 26.3 Å². The molecule has 2 aromatic rings. The number of nitrogens with zero attached hydrogens (tertiary/aromatic N) is 1. The van der Waals surface area contributed by atoms with E-state index in [0.29, 0.717) is 12.1 Å². The zero-order valence-electron chi connectivity index (χ0n) is 14.2. The molecule has 1 aromatic heterocycles. The molecular formula is C17H13F6N3O2. The zero-order chi connectivity index (χ0) is 21.3. The third-order valence-corrected chi connectivity index (χ3v) is 3.95. The largest absolute Gasteiger partial charge is 0.418 e. The van der Waals surface area contributed by atoms with Gasteiger partial charge in [-0.3, -0.25) is 14.6 Å². The fourth-order valence-corrected chi connectivity index (χ4v) is 2.38. The topological polar surface area (TPSA) is 85.1 Å². The van der Waals surface area contributed by atoms with E-state index in [9.17, 15) is 35.9 Å². The zero-order valence-corrected chi connectivity index (χ0v) is 14.2. The van der Waals surface area contributed by atoms with Crippen LogP contribution in [0.15, 0.2) is 42.6 Å². The number of carbonyl (C=O) groups is 2. The molecule has 28 heavy (non-hydrogen) atoms. The number of carbonyl (C=O) groups excluding carboxylic acids is 2. The van der Waals surface area contributed by atoms with Gasteiger partial charge in [-0.25, -0.2) is 0 Å². The van der Waals surface area contributed by atoms with Crippen LogP contribution in [0.5, 0.6) is 0 Å². The third-order valence-electron chi connectivity index (χ3n) is 3.95. The van der Waals surface area contributed by atoms with Gasteiger partial charge in [-0.1, -0.05) is 12.1 Å². The van der Waals surface area contributed by atoms with E-state index in [2.05, 4.69) is 4.98 Å². The molecule has 2 rings (SSSR count). The Labute approximate surface area is 154 Å². The Hall–Kier alpha value is -3.11. The van der Waals surface area contributed by atoms with Crippen LogP contribution in [0.25, 0.3) is 0 Å². The van der Waals surface area contributed by atoms with Gasteiger partial charge in [-0.05, 0) is 36.8 Å². The summed E-state index contributed by atoms with van der Waals surface area (Å²) in [5, 5.41) is 1.97. The van der Waals surface area contributed by atoms with Crippen molar-refractivity contribution in [3.63, 3.8) is 0 Å². The molecule has 11 heteroatoms. The Balaban J connectivity index is 2.50. The lowest BCUT2D eigenvalue weighted by atomic mass is 9.89. The van der Waals surface area contributed by atoms with Gasteiger partial charge in [-0.2, -0.15) is 26.3 Å². The number of aromatic nitrogens is 1. The maximum Gasteiger partial charge on any atom is 0.418 e.